The van der Waals surface area contributed by atoms with Crippen molar-refractivity contribution < 1.29 is 52.7 Å². The summed E-state index contributed by atoms with van der Waals surface area (Å²) in [5.41, 5.74) is 0.880. The minimum atomic E-state index is -5.08. The van der Waals surface area contributed by atoms with Gasteiger partial charge in [-0.1, -0.05) is 11.6 Å². The van der Waals surface area contributed by atoms with Crippen molar-refractivity contribution in [1.82, 2.24) is 4.90 Å². The summed E-state index contributed by atoms with van der Waals surface area (Å²) < 4.78 is 43.5. The Labute approximate surface area is 214 Å². The SMILES string of the molecule is O=C(O)C(F)(F)F.O=C(O)c1ccc(O)cc1OC[C@@H](O)CN1CCC2(CC1)Cc1cc(Cl)ccc1O2. The van der Waals surface area contributed by atoms with E-state index in [-0.39, 0.29) is 29.3 Å². The lowest BCUT2D eigenvalue weighted by molar-refractivity contribution is -0.192. The van der Waals surface area contributed by atoms with Crippen molar-refractivity contribution in [2.24, 2.45) is 0 Å². The molecule has 4 rings (SSSR count). The second-order valence-corrected chi connectivity index (χ2v) is 9.20. The van der Waals surface area contributed by atoms with Crippen molar-refractivity contribution in [2.75, 3.05) is 26.2 Å². The van der Waals surface area contributed by atoms with Gasteiger partial charge in [0.15, 0.2) is 0 Å². The molecule has 0 aromatic heterocycles. The second kappa shape index (κ2) is 11.4. The van der Waals surface area contributed by atoms with Crippen molar-refractivity contribution >= 4 is 23.5 Å². The molecule has 1 atom stereocenters. The molecule has 0 aliphatic carbocycles. The van der Waals surface area contributed by atoms with E-state index in [2.05, 4.69) is 4.90 Å². The van der Waals surface area contributed by atoms with Crippen LogP contribution in [0.2, 0.25) is 5.02 Å². The first-order valence-corrected chi connectivity index (χ1v) is 11.5. The van der Waals surface area contributed by atoms with Gasteiger partial charge in [-0.25, -0.2) is 9.59 Å². The van der Waals surface area contributed by atoms with Crippen molar-refractivity contribution in [3.63, 3.8) is 0 Å². The number of nitrogens with zero attached hydrogens (tertiary/aromatic N) is 1. The molecule has 0 unspecified atom stereocenters. The van der Waals surface area contributed by atoms with Crippen LogP contribution >= 0.6 is 11.6 Å². The zero-order valence-electron chi connectivity index (χ0n) is 19.4. The highest BCUT2D eigenvalue weighted by Crippen LogP contribution is 2.42. The largest absolute Gasteiger partial charge is 0.508 e. The van der Waals surface area contributed by atoms with Crippen LogP contribution in [0.25, 0.3) is 0 Å². The number of phenolic OH excluding ortho intramolecular Hbond substituents is 1. The number of carboxylic acids is 2. The molecule has 37 heavy (non-hydrogen) atoms. The Balaban J connectivity index is 0.000000479. The zero-order chi connectivity index (χ0) is 27.4. The van der Waals surface area contributed by atoms with E-state index >= 15 is 0 Å². The molecule has 2 aliphatic heterocycles. The number of likely N-dealkylation sites (tertiary alicyclic amines) is 1. The van der Waals surface area contributed by atoms with Crippen molar-refractivity contribution in [3.05, 3.63) is 52.5 Å². The summed E-state index contributed by atoms with van der Waals surface area (Å²) >= 11 is 6.09. The lowest BCUT2D eigenvalue weighted by atomic mass is 9.87. The molecule has 0 radical (unpaired) electrons. The number of phenols is 1. The van der Waals surface area contributed by atoms with Crippen LogP contribution in [0.15, 0.2) is 36.4 Å². The van der Waals surface area contributed by atoms with Gasteiger partial charge in [-0.15, -0.1) is 0 Å². The van der Waals surface area contributed by atoms with Gasteiger partial charge in [0.1, 0.15) is 41.1 Å². The number of β-amino-alcohol motifs (C(OH)–C–C–N with tert-alkyl or cyclic N) is 1. The number of piperidine rings is 1. The Morgan fingerprint density at radius 2 is 1.78 bits per heavy atom. The lowest BCUT2D eigenvalue weighted by Gasteiger charge is -2.39. The number of hydrogen-bond acceptors (Lipinski definition) is 7. The number of fused-ring (bicyclic) bond motifs is 1. The number of ether oxygens (including phenoxy) is 2. The molecule has 0 amide bonds. The molecule has 13 heteroatoms. The van der Waals surface area contributed by atoms with Crippen LogP contribution in [0.4, 0.5) is 13.2 Å². The van der Waals surface area contributed by atoms with E-state index in [1.165, 1.54) is 18.2 Å². The van der Waals surface area contributed by atoms with E-state index in [9.17, 15) is 33.3 Å². The molecule has 2 aromatic carbocycles. The first kappa shape index (κ1) is 28.4. The molecule has 1 saturated heterocycles. The number of aliphatic hydroxyl groups excluding tert-OH is 1. The maximum Gasteiger partial charge on any atom is 0.490 e. The number of aromatic carboxylic acids is 1. The summed E-state index contributed by atoms with van der Waals surface area (Å²) in [5.74, 6) is -3.06. The van der Waals surface area contributed by atoms with Crippen molar-refractivity contribution in [3.8, 4) is 17.2 Å². The number of alkyl halides is 3. The van der Waals surface area contributed by atoms with Gasteiger partial charge >= 0.3 is 18.1 Å². The normalized spacial score (nSPS) is 17.2. The Morgan fingerprint density at radius 1 is 1.14 bits per heavy atom. The minimum Gasteiger partial charge on any atom is -0.508 e. The summed E-state index contributed by atoms with van der Waals surface area (Å²) in [5, 5.41) is 37.0. The Kier molecular flexibility index (Phi) is 8.77. The monoisotopic (exact) mass is 547 g/mol. The van der Waals surface area contributed by atoms with Gasteiger partial charge in [0, 0.05) is 50.0 Å². The van der Waals surface area contributed by atoms with Gasteiger partial charge in [-0.2, -0.15) is 13.2 Å². The Hall–Kier alpha value is -3.22. The highest BCUT2D eigenvalue weighted by molar-refractivity contribution is 6.30. The first-order chi connectivity index (χ1) is 17.3. The second-order valence-electron chi connectivity index (χ2n) is 8.77. The topological polar surface area (TPSA) is 137 Å². The maximum atomic E-state index is 11.3. The number of carboxylic acid groups (broad SMARTS) is 2. The highest BCUT2D eigenvalue weighted by Gasteiger charge is 2.42. The molecule has 2 aliphatic rings. The summed E-state index contributed by atoms with van der Waals surface area (Å²) in [6.45, 7) is 1.92. The van der Waals surface area contributed by atoms with E-state index in [1.54, 1.807) is 0 Å². The van der Waals surface area contributed by atoms with Crippen LogP contribution in [0.5, 0.6) is 17.2 Å². The van der Waals surface area contributed by atoms with Crippen molar-refractivity contribution in [1.29, 1.82) is 0 Å². The average Bonchev–Trinajstić information content (AvgIpc) is 3.16. The number of aliphatic hydroxyl groups is 1. The summed E-state index contributed by atoms with van der Waals surface area (Å²) in [6.07, 6.45) is -3.33. The Morgan fingerprint density at radius 3 is 2.38 bits per heavy atom. The fraction of sp³-hybridized carbons (Fsp3) is 0.417. The number of hydrogen-bond donors (Lipinski definition) is 4. The molecule has 1 spiro atoms. The molecule has 4 N–H and O–H groups in total. The number of halogens is 4. The molecule has 0 saturated carbocycles. The van der Waals surface area contributed by atoms with Crippen LogP contribution in [-0.2, 0) is 11.2 Å². The van der Waals surface area contributed by atoms with Gasteiger partial charge in [-0.05, 0) is 35.9 Å². The first-order valence-electron chi connectivity index (χ1n) is 11.1. The predicted octanol–water partition coefficient (Wildman–Crippen LogP) is 3.59. The molecule has 1 fully saturated rings. The van der Waals surface area contributed by atoms with Crippen LogP contribution in [0.1, 0.15) is 28.8 Å². The van der Waals surface area contributed by atoms with Gasteiger partial charge in [0.25, 0.3) is 0 Å². The molecule has 202 valence electrons. The fourth-order valence-corrected chi connectivity index (χ4v) is 4.36. The van der Waals surface area contributed by atoms with E-state index < -0.39 is 24.2 Å². The summed E-state index contributed by atoms with van der Waals surface area (Å²) in [4.78, 5) is 22.3. The highest BCUT2D eigenvalue weighted by atomic mass is 35.5. The van der Waals surface area contributed by atoms with Gasteiger partial charge in [0.2, 0.25) is 0 Å². The summed E-state index contributed by atoms with van der Waals surface area (Å²) in [6, 6.07) is 9.53. The van der Waals surface area contributed by atoms with Gasteiger partial charge < -0.3 is 34.8 Å². The zero-order valence-corrected chi connectivity index (χ0v) is 20.1. The van der Waals surface area contributed by atoms with Gasteiger partial charge in [0.05, 0.1) is 0 Å². The lowest BCUT2D eigenvalue weighted by Crippen LogP contribution is -2.49. The van der Waals surface area contributed by atoms with Crippen LogP contribution in [0.3, 0.4) is 0 Å². The number of aliphatic carboxylic acids is 1. The third-order valence-corrected chi connectivity index (χ3v) is 6.20. The molecular formula is C24H25ClF3NO8. The quantitative estimate of drug-likeness (QED) is 0.427. The minimum absolute atomic E-state index is 0.0370. The number of aromatic hydroxyl groups is 1. The predicted molar refractivity (Wildman–Crippen MR) is 124 cm³/mol. The van der Waals surface area contributed by atoms with Gasteiger partial charge in [-0.3, -0.25) is 0 Å². The van der Waals surface area contributed by atoms with Crippen molar-refractivity contribution in [2.45, 2.75) is 37.1 Å². The standard InChI is InChI=1S/C22H24ClNO6.C2HF3O2/c23-15-1-4-19-14(9-15)11-22(30-19)5-7-24(8-6-22)12-17(26)13-29-20-10-16(25)2-3-18(20)21(27)28;3-2(4,5)1(6)7/h1-4,9-10,17,25-26H,5-8,11-13H2,(H,27,28);(H,6,7)/t17-;/m0./s1. The molecular weight excluding hydrogens is 523 g/mol. The third kappa shape index (κ3) is 7.63. The van der Waals surface area contributed by atoms with Crippen LogP contribution < -0.4 is 9.47 Å². The van der Waals surface area contributed by atoms with E-state index in [1.807, 2.05) is 18.2 Å². The van der Waals surface area contributed by atoms with Crippen LogP contribution in [0, 0.1) is 0 Å². The summed E-state index contributed by atoms with van der Waals surface area (Å²) in [7, 11) is 0. The van der Waals surface area contributed by atoms with E-state index in [0.29, 0.717) is 11.6 Å². The third-order valence-electron chi connectivity index (χ3n) is 5.97. The maximum absolute atomic E-state index is 11.3. The van der Waals surface area contributed by atoms with E-state index in [4.69, 9.17) is 31.0 Å². The van der Waals surface area contributed by atoms with E-state index in [0.717, 1.165) is 43.7 Å². The van der Waals surface area contributed by atoms with Crippen LogP contribution in [-0.4, -0.2) is 81.4 Å². The number of rotatable bonds is 6. The average molecular weight is 548 g/mol. The molecule has 0 bridgehead atoms. The number of carbonyl (C=O) groups is 2. The molecule has 2 aromatic rings. The molecule has 9 nitrogen and oxygen atoms in total. The number of benzene rings is 2. The molecule has 2 heterocycles. The Bertz CT molecular complexity index is 1140. The smallest absolute Gasteiger partial charge is 0.490 e. The fourth-order valence-electron chi connectivity index (χ4n) is 4.17.